The van der Waals surface area contributed by atoms with Crippen molar-refractivity contribution < 1.29 is 18.7 Å². The molecule has 0 bridgehead atoms. The fourth-order valence-corrected chi connectivity index (χ4v) is 6.81. The molecule has 2 saturated heterocycles. The standard InChI is InChI=1S/C25H43FN4O3/c1-16-14-29(25(32)21-10-9-20(33-4)13-22(21)26)15-17(2)30(16)24(31)19-7-5-18(6-8-19)23-11-12-28(3)27-23/h16-23,27H,5-15H2,1-4H3/t16-,17-,18?,19?,20?,21?,22?,23?/m1/s1. The number of halogens is 1. The van der Waals surface area contributed by atoms with Crippen molar-refractivity contribution >= 4 is 11.8 Å². The van der Waals surface area contributed by atoms with Crippen LogP contribution in [0.4, 0.5) is 4.39 Å². The number of alkyl halides is 1. The largest absolute Gasteiger partial charge is 0.381 e. The van der Waals surface area contributed by atoms with Gasteiger partial charge in [-0.3, -0.25) is 15.0 Å². The van der Waals surface area contributed by atoms with Crippen LogP contribution in [-0.2, 0) is 14.3 Å². The predicted molar refractivity (Wildman–Crippen MR) is 125 cm³/mol. The maximum absolute atomic E-state index is 14.7. The SMILES string of the molecule is COC1CCC(C(=O)N2C[C@@H](C)N(C(=O)C3CCC(C4CCN(C)N4)CC3)[C@H](C)C2)C(F)C1. The molecule has 4 rings (SSSR count). The second-order valence-electron chi connectivity index (χ2n) is 11.0. The van der Waals surface area contributed by atoms with Crippen molar-refractivity contribution in [2.75, 3.05) is 33.8 Å². The van der Waals surface area contributed by atoms with Crippen LogP contribution in [0.25, 0.3) is 0 Å². The van der Waals surface area contributed by atoms with Gasteiger partial charge in [0.25, 0.3) is 0 Å². The lowest BCUT2D eigenvalue weighted by molar-refractivity contribution is -0.154. The number of hydrogen-bond donors (Lipinski definition) is 1. The molecule has 4 aliphatic rings. The number of hydrogen-bond acceptors (Lipinski definition) is 5. The minimum Gasteiger partial charge on any atom is -0.381 e. The average Bonchev–Trinajstić information content (AvgIpc) is 3.24. The Kier molecular flexibility index (Phi) is 7.96. The van der Waals surface area contributed by atoms with Gasteiger partial charge in [-0.2, -0.15) is 0 Å². The highest BCUT2D eigenvalue weighted by molar-refractivity contribution is 5.82. The molecule has 2 saturated carbocycles. The number of hydrazine groups is 1. The van der Waals surface area contributed by atoms with Gasteiger partial charge in [-0.25, -0.2) is 9.40 Å². The molecular formula is C25H43FN4O3. The summed E-state index contributed by atoms with van der Waals surface area (Å²) in [5.74, 6) is 0.340. The summed E-state index contributed by atoms with van der Waals surface area (Å²) in [4.78, 5) is 30.5. The number of nitrogens with zero attached hydrogens (tertiary/aromatic N) is 3. The van der Waals surface area contributed by atoms with E-state index in [-0.39, 0.29) is 35.9 Å². The zero-order valence-electron chi connectivity index (χ0n) is 20.8. The molecule has 6 atom stereocenters. The van der Waals surface area contributed by atoms with Gasteiger partial charge in [-0.05, 0) is 64.7 Å². The highest BCUT2D eigenvalue weighted by Crippen LogP contribution is 2.36. The van der Waals surface area contributed by atoms with Gasteiger partial charge in [0.1, 0.15) is 6.17 Å². The van der Waals surface area contributed by atoms with Gasteiger partial charge in [0.15, 0.2) is 0 Å². The number of ether oxygens (including phenoxy) is 1. The first kappa shape index (κ1) is 24.9. The zero-order valence-corrected chi connectivity index (χ0v) is 20.8. The van der Waals surface area contributed by atoms with E-state index in [2.05, 4.69) is 17.5 Å². The smallest absolute Gasteiger partial charge is 0.228 e. The van der Waals surface area contributed by atoms with Crippen molar-refractivity contribution in [1.29, 1.82) is 0 Å². The molecule has 0 aromatic carbocycles. The van der Waals surface area contributed by atoms with Crippen molar-refractivity contribution in [3.63, 3.8) is 0 Å². The molecule has 2 amide bonds. The van der Waals surface area contributed by atoms with Crippen molar-refractivity contribution in [2.24, 2.45) is 17.8 Å². The van der Waals surface area contributed by atoms with E-state index in [1.165, 1.54) is 6.42 Å². The quantitative estimate of drug-likeness (QED) is 0.690. The number of carbonyl (C=O) groups is 2. The summed E-state index contributed by atoms with van der Waals surface area (Å²) in [6, 6.07) is 0.472. The molecule has 2 aliphatic carbocycles. The number of carbonyl (C=O) groups excluding carboxylic acids is 2. The summed E-state index contributed by atoms with van der Waals surface area (Å²) in [6.45, 7) is 6.16. The number of rotatable bonds is 4. The highest BCUT2D eigenvalue weighted by Gasteiger charge is 2.43. The molecule has 2 aliphatic heterocycles. The molecule has 7 nitrogen and oxygen atoms in total. The van der Waals surface area contributed by atoms with E-state index in [0.717, 1.165) is 38.6 Å². The first-order valence-corrected chi connectivity index (χ1v) is 13.0. The molecule has 0 radical (unpaired) electrons. The van der Waals surface area contributed by atoms with Crippen LogP contribution >= 0.6 is 0 Å². The molecule has 33 heavy (non-hydrogen) atoms. The van der Waals surface area contributed by atoms with Crippen molar-refractivity contribution in [3.05, 3.63) is 0 Å². The van der Waals surface area contributed by atoms with Crippen molar-refractivity contribution in [1.82, 2.24) is 20.2 Å². The Balaban J connectivity index is 1.30. The molecule has 1 N–H and O–H groups in total. The van der Waals surface area contributed by atoms with Gasteiger partial charge in [-0.1, -0.05) is 0 Å². The fourth-order valence-electron chi connectivity index (χ4n) is 6.81. The molecular weight excluding hydrogens is 423 g/mol. The van der Waals surface area contributed by atoms with E-state index in [0.29, 0.717) is 37.9 Å². The topological polar surface area (TPSA) is 65.1 Å². The first-order valence-electron chi connectivity index (χ1n) is 13.0. The van der Waals surface area contributed by atoms with Crippen LogP contribution < -0.4 is 5.43 Å². The third kappa shape index (κ3) is 5.38. The van der Waals surface area contributed by atoms with Gasteiger partial charge in [0.05, 0.1) is 12.0 Å². The lowest BCUT2D eigenvalue weighted by atomic mass is 9.77. The van der Waals surface area contributed by atoms with E-state index in [4.69, 9.17) is 4.74 Å². The Bertz CT molecular complexity index is 689. The van der Waals surface area contributed by atoms with Gasteiger partial charge >= 0.3 is 0 Å². The predicted octanol–water partition coefficient (Wildman–Crippen LogP) is 2.60. The van der Waals surface area contributed by atoms with Gasteiger partial charge in [0.2, 0.25) is 11.8 Å². The Hall–Kier alpha value is -1.25. The number of nitrogens with one attached hydrogen (secondary N) is 1. The van der Waals surface area contributed by atoms with E-state index in [1.807, 2.05) is 23.6 Å². The van der Waals surface area contributed by atoms with Crippen LogP contribution in [0.5, 0.6) is 0 Å². The molecule has 8 heteroatoms. The van der Waals surface area contributed by atoms with Gasteiger partial charge < -0.3 is 14.5 Å². The van der Waals surface area contributed by atoms with Crippen molar-refractivity contribution in [3.8, 4) is 0 Å². The minimum atomic E-state index is -1.15. The lowest BCUT2D eigenvalue weighted by Gasteiger charge is -2.47. The summed E-state index contributed by atoms with van der Waals surface area (Å²) in [7, 11) is 3.70. The molecule has 0 aromatic heterocycles. The summed E-state index contributed by atoms with van der Waals surface area (Å²) >= 11 is 0. The van der Waals surface area contributed by atoms with Crippen LogP contribution in [0.1, 0.15) is 65.2 Å². The molecule has 4 fully saturated rings. The number of methoxy groups -OCH3 is 1. The Morgan fingerprint density at radius 1 is 0.939 bits per heavy atom. The summed E-state index contributed by atoms with van der Waals surface area (Å²) < 4.78 is 20.0. The van der Waals surface area contributed by atoms with Crippen LogP contribution in [0.15, 0.2) is 0 Å². The fraction of sp³-hybridized carbons (Fsp3) is 0.920. The summed E-state index contributed by atoms with van der Waals surface area (Å²) in [5.41, 5.74) is 3.56. The van der Waals surface area contributed by atoms with Gasteiger partial charge in [-0.15, -0.1) is 0 Å². The minimum absolute atomic E-state index is 0.0403. The van der Waals surface area contributed by atoms with Crippen LogP contribution in [0.2, 0.25) is 0 Å². The van der Waals surface area contributed by atoms with Crippen LogP contribution in [0.3, 0.4) is 0 Å². The van der Waals surface area contributed by atoms with Crippen LogP contribution in [-0.4, -0.2) is 90.8 Å². The Morgan fingerprint density at radius 3 is 2.15 bits per heavy atom. The molecule has 4 unspecified atom stereocenters. The maximum Gasteiger partial charge on any atom is 0.228 e. The maximum atomic E-state index is 14.7. The van der Waals surface area contributed by atoms with E-state index in [9.17, 15) is 14.0 Å². The summed E-state index contributed by atoms with van der Waals surface area (Å²) in [5, 5.41) is 2.18. The molecule has 2 heterocycles. The molecule has 188 valence electrons. The van der Waals surface area contributed by atoms with Gasteiger partial charge in [0, 0.05) is 64.3 Å². The summed E-state index contributed by atoms with van der Waals surface area (Å²) in [6.07, 6.45) is 5.63. The van der Waals surface area contributed by atoms with E-state index < -0.39 is 12.1 Å². The van der Waals surface area contributed by atoms with E-state index in [1.54, 1.807) is 7.11 Å². The average molecular weight is 467 g/mol. The van der Waals surface area contributed by atoms with Crippen LogP contribution in [0, 0.1) is 17.8 Å². The zero-order chi connectivity index (χ0) is 23.7. The Labute approximate surface area is 198 Å². The van der Waals surface area contributed by atoms with Crippen molar-refractivity contribution in [2.45, 2.75) is 95.6 Å². The normalized spacial score (nSPS) is 40.8. The lowest BCUT2D eigenvalue weighted by Crippen LogP contribution is -2.62. The third-order valence-electron chi connectivity index (χ3n) is 8.71. The highest BCUT2D eigenvalue weighted by atomic mass is 19.1. The van der Waals surface area contributed by atoms with E-state index >= 15 is 0 Å². The Morgan fingerprint density at radius 2 is 1.61 bits per heavy atom. The number of amides is 2. The molecule has 0 aromatic rings. The number of piperazine rings is 1. The third-order valence-corrected chi connectivity index (χ3v) is 8.71. The first-order chi connectivity index (χ1) is 15.8. The monoisotopic (exact) mass is 466 g/mol. The molecule has 0 spiro atoms. The second-order valence-corrected chi connectivity index (χ2v) is 11.0. The second kappa shape index (κ2) is 10.6.